The molecule has 1 atom stereocenters. The van der Waals surface area contributed by atoms with E-state index in [-0.39, 0.29) is 30.9 Å². The molecular weight excluding hydrogens is 668 g/mol. The molecule has 0 aliphatic carbocycles. The van der Waals surface area contributed by atoms with Gasteiger partial charge in [-0.15, -0.1) is 0 Å². The Morgan fingerprint density at radius 3 is 2.19 bits per heavy atom. The summed E-state index contributed by atoms with van der Waals surface area (Å²) in [6.07, 6.45) is 2.29. The molecule has 0 unspecified atom stereocenters. The molecule has 6 rings (SSSR count). The van der Waals surface area contributed by atoms with Crippen LogP contribution < -0.4 is 10.1 Å². The van der Waals surface area contributed by atoms with Crippen molar-refractivity contribution in [2.75, 3.05) is 70.8 Å². The van der Waals surface area contributed by atoms with Crippen LogP contribution in [0.1, 0.15) is 47.9 Å². The van der Waals surface area contributed by atoms with Crippen molar-refractivity contribution in [2.45, 2.75) is 70.6 Å². The lowest BCUT2D eigenvalue weighted by Gasteiger charge is -2.43. The average molecular weight is 719 g/mol. The minimum absolute atomic E-state index is 0.0189. The molecule has 280 valence electrons. The summed E-state index contributed by atoms with van der Waals surface area (Å²) in [5, 5.41) is 12.2. The van der Waals surface area contributed by atoms with Gasteiger partial charge in [0.15, 0.2) is 6.10 Å². The molecule has 0 radical (unpaired) electrons. The number of carboxylic acid groups (broad SMARTS) is 1. The van der Waals surface area contributed by atoms with Gasteiger partial charge in [-0.3, -0.25) is 24.2 Å². The normalized spacial score (nSPS) is 20.0. The standard InChI is InChI=1S/C38H50N6O8/c1-26-21-28(22-27(2)35(26)51-25-45)23-33(36(48)42-19-17-41(18-20-42)30-8-12-40(13-9-30)24-34(46)47)52-38(50)43-14-10-31(11-15-43)44-16-7-29-5-3-4-6-32(29)39-37(44)49/h3-6,21-22,25,30-31,33H,7-20,23-24H2,1-2H3,(H,39,49)(H,46,47)/t33-/m1/s1. The van der Waals surface area contributed by atoms with Crippen LogP contribution in [0, 0.1) is 13.8 Å². The Balaban J connectivity index is 1.08. The van der Waals surface area contributed by atoms with Crippen LogP contribution in [0.4, 0.5) is 15.3 Å². The van der Waals surface area contributed by atoms with Crippen LogP contribution in [-0.2, 0) is 32.0 Å². The maximum absolute atomic E-state index is 14.1. The number of nitrogens with one attached hydrogen (secondary N) is 1. The number of aliphatic carboxylic acids is 1. The van der Waals surface area contributed by atoms with Crippen LogP contribution in [0.3, 0.4) is 0 Å². The molecule has 3 fully saturated rings. The molecule has 0 saturated carbocycles. The molecule has 4 amide bonds. The van der Waals surface area contributed by atoms with Gasteiger partial charge in [0.1, 0.15) is 5.75 Å². The van der Waals surface area contributed by atoms with Crippen molar-refractivity contribution in [3.63, 3.8) is 0 Å². The summed E-state index contributed by atoms with van der Waals surface area (Å²) in [6, 6.07) is 11.7. The number of piperidine rings is 2. The first-order chi connectivity index (χ1) is 25.1. The van der Waals surface area contributed by atoms with Crippen molar-refractivity contribution in [1.29, 1.82) is 0 Å². The number of para-hydroxylation sites is 1. The minimum atomic E-state index is -1.05. The van der Waals surface area contributed by atoms with Gasteiger partial charge < -0.3 is 34.6 Å². The average Bonchev–Trinajstić information content (AvgIpc) is 3.30. The lowest BCUT2D eigenvalue weighted by Crippen LogP contribution is -2.56. The Morgan fingerprint density at radius 1 is 0.885 bits per heavy atom. The van der Waals surface area contributed by atoms with E-state index in [4.69, 9.17) is 14.6 Å². The lowest BCUT2D eigenvalue weighted by atomic mass is 10.00. The first kappa shape index (κ1) is 37.1. The molecule has 2 N–H and O–H groups in total. The molecule has 3 saturated heterocycles. The van der Waals surface area contributed by atoms with Crippen LogP contribution in [0.25, 0.3) is 0 Å². The maximum atomic E-state index is 14.1. The fourth-order valence-corrected chi connectivity index (χ4v) is 8.22. The number of likely N-dealkylation sites (tertiary alicyclic amines) is 2. The van der Waals surface area contributed by atoms with Crippen LogP contribution >= 0.6 is 0 Å². The number of hydrogen-bond donors (Lipinski definition) is 2. The predicted octanol–water partition coefficient (Wildman–Crippen LogP) is 3.13. The molecule has 2 aromatic rings. The van der Waals surface area contributed by atoms with E-state index in [2.05, 4.69) is 10.2 Å². The molecule has 4 aliphatic rings. The summed E-state index contributed by atoms with van der Waals surface area (Å²) in [7, 11) is 0. The van der Waals surface area contributed by atoms with Crippen molar-refractivity contribution >= 4 is 36.2 Å². The molecule has 14 heteroatoms. The number of hydrogen-bond acceptors (Lipinski definition) is 9. The molecule has 4 aliphatic heterocycles. The monoisotopic (exact) mass is 718 g/mol. The van der Waals surface area contributed by atoms with Crippen LogP contribution in [-0.4, -0.2) is 144 Å². The maximum Gasteiger partial charge on any atom is 0.410 e. The van der Waals surface area contributed by atoms with Crippen LogP contribution in [0.5, 0.6) is 5.75 Å². The molecule has 0 bridgehead atoms. The molecule has 52 heavy (non-hydrogen) atoms. The molecule has 0 aromatic heterocycles. The Kier molecular flexibility index (Phi) is 12.0. The van der Waals surface area contributed by atoms with Crippen molar-refractivity contribution in [2.24, 2.45) is 0 Å². The van der Waals surface area contributed by atoms with E-state index in [1.165, 1.54) is 0 Å². The number of carbonyl (C=O) groups excluding carboxylic acids is 4. The SMILES string of the molecule is Cc1cc(C[C@@H](OC(=O)N2CCC(N3CCc4ccccc4NC3=O)CC2)C(=O)N2CCN(C3CCN(CC(=O)O)CC3)CC2)cc(C)c1OC=O. The second-order valence-electron chi connectivity index (χ2n) is 14.4. The number of fused-ring (bicyclic) bond motifs is 1. The van der Waals surface area contributed by atoms with Gasteiger partial charge >= 0.3 is 18.1 Å². The highest BCUT2D eigenvalue weighted by atomic mass is 16.6. The van der Waals surface area contributed by atoms with Gasteiger partial charge in [-0.2, -0.15) is 0 Å². The molecular formula is C38H50N6O8. The van der Waals surface area contributed by atoms with Gasteiger partial charge in [-0.1, -0.05) is 30.3 Å². The van der Waals surface area contributed by atoms with E-state index in [0.717, 1.165) is 60.3 Å². The third-order valence-corrected chi connectivity index (χ3v) is 11.0. The van der Waals surface area contributed by atoms with Crippen LogP contribution in [0.2, 0.25) is 0 Å². The number of piperazine rings is 1. The number of ether oxygens (including phenoxy) is 2. The number of aryl methyl sites for hydroxylation is 2. The first-order valence-electron chi connectivity index (χ1n) is 18.4. The summed E-state index contributed by atoms with van der Waals surface area (Å²) in [5.41, 5.74) is 4.21. The Bertz CT molecular complexity index is 1610. The lowest BCUT2D eigenvalue weighted by molar-refractivity contribution is -0.143. The number of anilines is 1. The first-order valence-corrected chi connectivity index (χ1v) is 18.4. The van der Waals surface area contributed by atoms with Gasteiger partial charge in [0.05, 0.1) is 6.54 Å². The second-order valence-corrected chi connectivity index (χ2v) is 14.4. The van der Waals surface area contributed by atoms with E-state index in [0.29, 0.717) is 76.9 Å². The van der Waals surface area contributed by atoms with Crippen molar-refractivity contribution in [3.8, 4) is 5.75 Å². The van der Waals surface area contributed by atoms with Crippen molar-refractivity contribution in [3.05, 3.63) is 58.7 Å². The Hall–Kier alpha value is -4.69. The second kappa shape index (κ2) is 16.8. The van der Waals surface area contributed by atoms with E-state index in [1.807, 2.05) is 60.0 Å². The smallest absolute Gasteiger partial charge is 0.410 e. The third kappa shape index (κ3) is 8.84. The molecule has 14 nitrogen and oxygen atoms in total. The zero-order valence-electron chi connectivity index (χ0n) is 30.1. The minimum Gasteiger partial charge on any atom is -0.480 e. The molecule has 0 spiro atoms. The summed E-state index contributed by atoms with van der Waals surface area (Å²) in [5.74, 6) is -0.591. The highest BCUT2D eigenvalue weighted by Gasteiger charge is 2.36. The Morgan fingerprint density at radius 2 is 1.54 bits per heavy atom. The number of carboxylic acids is 1. The highest BCUT2D eigenvalue weighted by Crippen LogP contribution is 2.28. The van der Waals surface area contributed by atoms with Crippen molar-refractivity contribution in [1.82, 2.24) is 24.5 Å². The van der Waals surface area contributed by atoms with E-state index >= 15 is 0 Å². The fourth-order valence-electron chi connectivity index (χ4n) is 8.22. The summed E-state index contributed by atoms with van der Waals surface area (Å²) in [6.45, 7) is 9.37. The van der Waals surface area contributed by atoms with Gasteiger partial charge in [0, 0.05) is 83.1 Å². The largest absolute Gasteiger partial charge is 0.480 e. The summed E-state index contributed by atoms with van der Waals surface area (Å²) < 4.78 is 11.2. The number of rotatable bonds is 10. The van der Waals surface area contributed by atoms with E-state index < -0.39 is 18.2 Å². The van der Waals surface area contributed by atoms with Gasteiger partial charge in [-0.25, -0.2) is 9.59 Å². The van der Waals surface area contributed by atoms with E-state index in [1.54, 1.807) is 9.80 Å². The number of nitrogens with zero attached hydrogens (tertiary/aromatic N) is 5. The van der Waals surface area contributed by atoms with Gasteiger partial charge in [-0.05, 0) is 74.3 Å². The number of urea groups is 1. The van der Waals surface area contributed by atoms with Crippen LogP contribution in [0.15, 0.2) is 36.4 Å². The zero-order valence-corrected chi connectivity index (χ0v) is 30.1. The summed E-state index contributed by atoms with van der Waals surface area (Å²) >= 11 is 0. The van der Waals surface area contributed by atoms with Gasteiger partial charge in [0.25, 0.3) is 12.4 Å². The predicted molar refractivity (Wildman–Crippen MR) is 192 cm³/mol. The van der Waals surface area contributed by atoms with Gasteiger partial charge in [0.2, 0.25) is 0 Å². The molecule has 2 aromatic carbocycles. The van der Waals surface area contributed by atoms with Crippen molar-refractivity contribution < 1.29 is 38.6 Å². The fraction of sp³-hybridized carbons (Fsp3) is 0.553. The number of carbonyl (C=O) groups is 5. The zero-order chi connectivity index (χ0) is 36.8. The number of amides is 4. The summed E-state index contributed by atoms with van der Waals surface area (Å²) in [4.78, 5) is 72.8. The quantitative estimate of drug-likeness (QED) is 0.351. The number of benzene rings is 2. The molecule has 4 heterocycles. The Labute approximate surface area is 304 Å². The highest BCUT2D eigenvalue weighted by molar-refractivity contribution is 5.91. The van der Waals surface area contributed by atoms with E-state index in [9.17, 15) is 24.0 Å². The topological polar surface area (TPSA) is 152 Å². The third-order valence-electron chi connectivity index (χ3n) is 11.0.